The van der Waals surface area contributed by atoms with E-state index in [4.69, 9.17) is 5.84 Å². The molecule has 3 unspecified atom stereocenters. The summed E-state index contributed by atoms with van der Waals surface area (Å²) in [6, 6.07) is 0.533. The maximum atomic E-state index is 5.71. The van der Waals surface area contributed by atoms with Crippen LogP contribution in [-0.2, 0) is 0 Å². The molecule has 16 heavy (non-hydrogen) atoms. The maximum absolute atomic E-state index is 5.71. The average molecular weight is 244 g/mol. The lowest BCUT2D eigenvalue weighted by atomic mass is 9.77. The second-order valence-corrected chi connectivity index (χ2v) is 6.20. The van der Waals surface area contributed by atoms with Gasteiger partial charge in [0, 0.05) is 11.8 Å². The molecule has 3 heteroatoms. The van der Waals surface area contributed by atoms with Crippen molar-refractivity contribution in [1.82, 2.24) is 5.43 Å². The molecule has 0 heterocycles. The van der Waals surface area contributed by atoms with Crippen molar-refractivity contribution < 1.29 is 0 Å². The zero-order chi connectivity index (χ0) is 11.8. The van der Waals surface area contributed by atoms with E-state index in [1.165, 1.54) is 50.0 Å². The molecule has 0 aliphatic heterocycles. The number of nitrogens with one attached hydrogen (secondary N) is 1. The van der Waals surface area contributed by atoms with E-state index in [0.717, 1.165) is 11.8 Å². The van der Waals surface area contributed by atoms with Gasteiger partial charge in [0.2, 0.25) is 0 Å². The lowest BCUT2D eigenvalue weighted by Crippen LogP contribution is -2.44. The quantitative estimate of drug-likeness (QED) is 0.410. The molecule has 1 rings (SSSR count). The Bertz CT molecular complexity index is 175. The first-order chi connectivity index (χ1) is 7.81. The number of thioether (sulfide) groups is 1. The minimum atomic E-state index is 0.533. The zero-order valence-electron chi connectivity index (χ0n) is 10.9. The van der Waals surface area contributed by atoms with Crippen molar-refractivity contribution in [2.75, 3.05) is 11.5 Å². The van der Waals surface area contributed by atoms with Crippen LogP contribution in [0.4, 0.5) is 0 Å². The Balaban J connectivity index is 2.32. The van der Waals surface area contributed by atoms with Gasteiger partial charge in [0.25, 0.3) is 0 Å². The van der Waals surface area contributed by atoms with Crippen molar-refractivity contribution in [2.24, 2.45) is 17.7 Å². The van der Waals surface area contributed by atoms with Gasteiger partial charge in [-0.05, 0) is 36.9 Å². The van der Waals surface area contributed by atoms with Gasteiger partial charge in [0.05, 0.1) is 0 Å². The van der Waals surface area contributed by atoms with Crippen LogP contribution in [-0.4, -0.2) is 17.5 Å². The monoisotopic (exact) mass is 244 g/mol. The molecule has 1 saturated carbocycles. The Morgan fingerprint density at radius 2 is 2.19 bits per heavy atom. The Labute approximate surface area is 105 Å². The van der Waals surface area contributed by atoms with Gasteiger partial charge in [-0.1, -0.05) is 33.1 Å². The Morgan fingerprint density at radius 1 is 1.38 bits per heavy atom. The van der Waals surface area contributed by atoms with Gasteiger partial charge in [0.15, 0.2) is 0 Å². The van der Waals surface area contributed by atoms with Crippen LogP contribution in [0, 0.1) is 11.8 Å². The fourth-order valence-corrected chi connectivity index (χ4v) is 3.82. The average Bonchev–Trinajstić information content (AvgIpc) is 2.35. The van der Waals surface area contributed by atoms with E-state index in [-0.39, 0.29) is 0 Å². The molecule has 1 aliphatic rings. The summed E-state index contributed by atoms with van der Waals surface area (Å²) in [4.78, 5) is 0. The molecule has 0 amide bonds. The first-order valence-electron chi connectivity index (χ1n) is 6.85. The topological polar surface area (TPSA) is 38.0 Å². The van der Waals surface area contributed by atoms with Crippen molar-refractivity contribution in [3.63, 3.8) is 0 Å². The Kier molecular flexibility index (Phi) is 7.50. The summed E-state index contributed by atoms with van der Waals surface area (Å²) >= 11 is 2.05. The van der Waals surface area contributed by atoms with Crippen LogP contribution in [0.1, 0.15) is 52.4 Å². The minimum absolute atomic E-state index is 0.533. The molecule has 0 aromatic heterocycles. The summed E-state index contributed by atoms with van der Waals surface area (Å²) in [5, 5.41) is 0. The van der Waals surface area contributed by atoms with Crippen molar-refractivity contribution in [2.45, 2.75) is 58.4 Å². The molecule has 3 N–H and O–H groups in total. The first kappa shape index (κ1) is 14.3. The van der Waals surface area contributed by atoms with Crippen LogP contribution in [0.25, 0.3) is 0 Å². The fourth-order valence-electron chi connectivity index (χ4n) is 2.74. The number of rotatable bonds is 7. The normalized spacial score (nSPS) is 27.9. The van der Waals surface area contributed by atoms with Gasteiger partial charge in [-0.3, -0.25) is 11.3 Å². The molecular formula is C13H28N2S. The van der Waals surface area contributed by atoms with Crippen LogP contribution in [0.15, 0.2) is 0 Å². The molecule has 1 aliphatic carbocycles. The van der Waals surface area contributed by atoms with E-state index in [1.54, 1.807) is 0 Å². The Hall–Kier alpha value is 0.270. The largest absolute Gasteiger partial charge is 0.271 e. The van der Waals surface area contributed by atoms with E-state index < -0.39 is 0 Å². The first-order valence-corrected chi connectivity index (χ1v) is 8.01. The highest BCUT2D eigenvalue weighted by atomic mass is 32.2. The molecule has 96 valence electrons. The molecule has 1 fully saturated rings. The van der Waals surface area contributed by atoms with E-state index in [2.05, 4.69) is 19.3 Å². The van der Waals surface area contributed by atoms with E-state index in [0.29, 0.717) is 6.04 Å². The van der Waals surface area contributed by atoms with Gasteiger partial charge in [-0.15, -0.1) is 0 Å². The smallest absolute Gasteiger partial charge is 0.0329 e. The third-order valence-electron chi connectivity index (χ3n) is 3.83. The van der Waals surface area contributed by atoms with Crippen molar-refractivity contribution in [3.8, 4) is 0 Å². The third kappa shape index (κ3) is 4.64. The lowest BCUT2D eigenvalue weighted by Gasteiger charge is -2.33. The molecule has 0 bridgehead atoms. The van der Waals surface area contributed by atoms with Crippen molar-refractivity contribution >= 4 is 11.8 Å². The highest BCUT2D eigenvalue weighted by Gasteiger charge is 2.26. The molecule has 0 saturated heterocycles. The maximum Gasteiger partial charge on any atom is 0.0329 e. The minimum Gasteiger partial charge on any atom is -0.271 e. The molecule has 0 aromatic rings. The van der Waals surface area contributed by atoms with Crippen LogP contribution in [0.2, 0.25) is 0 Å². The molecular weight excluding hydrogens is 216 g/mol. The van der Waals surface area contributed by atoms with Gasteiger partial charge in [-0.2, -0.15) is 11.8 Å². The van der Waals surface area contributed by atoms with Crippen LogP contribution < -0.4 is 11.3 Å². The Morgan fingerprint density at radius 3 is 2.81 bits per heavy atom. The van der Waals surface area contributed by atoms with Crippen molar-refractivity contribution in [1.29, 1.82) is 0 Å². The standard InChI is InChI=1S/C13H28N2S/c1-3-8-16-10-13(15-14)12-7-5-6-11(4-2)9-12/h11-13,15H,3-10,14H2,1-2H3. The van der Waals surface area contributed by atoms with E-state index in [1.807, 2.05) is 11.8 Å². The third-order valence-corrected chi connectivity index (χ3v) is 5.12. The number of hydrazine groups is 1. The predicted molar refractivity (Wildman–Crippen MR) is 74.5 cm³/mol. The molecule has 2 nitrogen and oxygen atoms in total. The molecule has 0 aromatic carbocycles. The lowest BCUT2D eigenvalue weighted by molar-refractivity contribution is 0.219. The number of hydrogen-bond donors (Lipinski definition) is 2. The van der Waals surface area contributed by atoms with E-state index in [9.17, 15) is 0 Å². The predicted octanol–water partition coefficient (Wildman–Crippen LogP) is 3.18. The second kappa shape index (κ2) is 8.37. The van der Waals surface area contributed by atoms with Crippen LogP contribution in [0.5, 0.6) is 0 Å². The summed E-state index contributed by atoms with van der Waals surface area (Å²) in [5.41, 5.74) is 3.05. The summed E-state index contributed by atoms with van der Waals surface area (Å²) in [7, 11) is 0. The second-order valence-electron chi connectivity index (χ2n) is 5.05. The number of hydrogen-bond acceptors (Lipinski definition) is 3. The summed E-state index contributed by atoms with van der Waals surface area (Å²) < 4.78 is 0. The SMILES string of the molecule is CCCSCC(NN)C1CCCC(CC)C1. The highest BCUT2D eigenvalue weighted by molar-refractivity contribution is 7.99. The van der Waals surface area contributed by atoms with Crippen LogP contribution in [0.3, 0.4) is 0 Å². The van der Waals surface area contributed by atoms with Crippen LogP contribution >= 0.6 is 11.8 Å². The van der Waals surface area contributed by atoms with Gasteiger partial charge < -0.3 is 0 Å². The summed E-state index contributed by atoms with van der Waals surface area (Å²) in [6.45, 7) is 4.56. The fraction of sp³-hybridized carbons (Fsp3) is 1.00. The molecule has 0 spiro atoms. The molecule has 0 radical (unpaired) electrons. The highest BCUT2D eigenvalue weighted by Crippen LogP contribution is 2.33. The van der Waals surface area contributed by atoms with Gasteiger partial charge >= 0.3 is 0 Å². The number of nitrogens with two attached hydrogens (primary N) is 1. The summed E-state index contributed by atoms with van der Waals surface area (Å²) in [5.74, 6) is 9.92. The zero-order valence-corrected chi connectivity index (χ0v) is 11.7. The molecule has 3 atom stereocenters. The van der Waals surface area contributed by atoms with Gasteiger partial charge in [-0.25, -0.2) is 0 Å². The van der Waals surface area contributed by atoms with Crippen molar-refractivity contribution in [3.05, 3.63) is 0 Å². The summed E-state index contributed by atoms with van der Waals surface area (Å²) in [6.07, 6.45) is 8.21. The van der Waals surface area contributed by atoms with Gasteiger partial charge in [0.1, 0.15) is 0 Å². The van der Waals surface area contributed by atoms with E-state index >= 15 is 0 Å².